The molecule has 1 aliphatic heterocycles. The van der Waals surface area contributed by atoms with Crippen molar-refractivity contribution in [2.75, 3.05) is 11.9 Å². The Morgan fingerprint density at radius 3 is 3.06 bits per heavy atom. The van der Waals surface area contributed by atoms with Gasteiger partial charge in [-0.15, -0.1) is 0 Å². The number of hydrogen-bond donors (Lipinski definition) is 2. The first kappa shape index (κ1) is 11.2. The number of nitrogens with one attached hydrogen (secondary N) is 2. The molecule has 0 bridgehead atoms. The molecule has 3 rings (SSSR count). The molecular formula is C14H16N4. The second-order valence-corrected chi connectivity index (χ2v) is 4.45. The van der Waals surface area contributed by atoms with E-state index in [0.717, 1.165) is 31.7 Å². The van der Waals surface area contributed by atoms with E-state index < -0.39 is 0 Å². The monoisotopic (exact) mass is 240 g/mol. The molecule has 2 aromatic rings. The van der Waals surface area contributed by atoms with E-state index in [0.29, 0.717) is 0 Å². The van der Waals surface area contributed by atoms with Gasteiger partial charge in [0.25, 0.3) is 0 Å². The van der Waals surface area contributed by atoms with Gasteiger partial charge in [0.15, 0.2) is 0 Å². The summed E-state index contributed by atoms with van der Waals surface area (Å²) in [5, 5.41) is 14.8. The molecule has 0 saturated carbocycles. The van der Waals surface area contributed by atoms with Gasteiger partial charge < -0.3 is 10.6 Å². The molecule has 0 unspecified atom stereocenters. The van der Waals surface area contributed by atoms with Crippen LogP contribution in [0, 0.1) is 0 Å². The van der Waals surface area contributed by atoms with Crippen LogP contribution in [0.4, 0.5) is 5.69 Å². The van der Waals surface area contributed by atoms with Crippen molar-refractivity contribution in [2.45, 2.75) is 19.5 Å². The Morgan fingerprint density at radius 2 is 2.17 bits per heavy atom. The summed E-state index contributed by atoms with van der Waals surface area (Å²) in [6.45, 7) is 2.65. The molecule has 4 heteroatoms. The lowest BCUT2D eigenvalue weighted by Gasteiger charge is -2.09. The van der Waals surface area contributed by atoms with Crippen LogP contribution in [0.25, 0.3) is 0 Å². The number of rotatable bonds is 4. The van der Waals surface area contributed by atoms with Crippen molar-refractivity contribution >= 4 is 5.69 Å². The van der Waals surface area contributed by atoms with E-state index in [9.17, 15) is 0 Å². The normalized spacial score (nSPS) is 13.1. The average Bonchev–Trinajstić information content (AvgIpc) is 2.89. The van der Waals surface area contributed by atoms with Crippen LogP contribution >= 0.6 is 0 Å². The van der Waals surface area contributed by atoms with Gasteiger partial charge in [-0.1, -0.05) is 18.2 Å². The highest BCUT2D eigenvalue weighted by atomic mass is 15.1. The summed E-state index contributed by atoms with van der Waals surface area (Å²) in [7, 11) is 0. The van der Waals surface area contributed by atoms with Gasteiger partial charge in [-0.25, -0.2) is 0 Å². The van der Waals surface area contributed by atoms with Crippen molar-refractivity contribution in [1.29, 1.82) is 0 Å². The predicted octanol–water partition coefficient (Wildman–Crippen LogP) is 1.73. The molecule has 0 atom stereocenters. The SMILES string of the molecule is c1cnnc(CNCc2cccc3c2NCC3)c1. The molecule has 2 heterocycles. The number of fused-ring (bicyclic) bond motifs is 1. The lowest BCUT2D eigenvalue weighted by atomic mass is 10.1. The van der Waals surface area contributed by atoms with Gasteiger partial charge in [0.2, 0.25) is 0 Å². The Bertz CT molecular complexity index is 525. The lowest BCUT2D eigenvalue weighted by molar-refractivity contribution is 0.671. The summed E-state index contributed by atoms with van der Waals surface area (Å²) in [6, 6.07) is 10.4. The molecule has 0 radical (unpaired) electrons. The van der Waals surface area contributed by atoms with Crippen LogP contribution in [-0.2, 0) is 19.5 Å². The molecule has 92 valence electrons. The summed E-state index contributed by atoms with van der Waals surface area (Å²) in [6.07, 6.45) is 2.82. The van der Waals surface area contributed by atoms with E-state index in [-0.39, 0.29) is 0 Å². The van der Waals surface area contributed by atoms with Crippen LogP contribution in [0.3, 0.4) is 0 Å². The maximum atomic E-state index is 4.05. The number of anilines is 1. The molecule has 1 aliphatic rings. The van der Waals surface area contributed by atoms with Crippen LogP contribution < -0.4 is 10.6 Å². The minimum atomic E-state index is 0.748. The van der Waals surface area contributed by atoms with E-state index in [1.165, 1.54) is 16.8 Å². The zero-order valence-corrected chi connectivity index (χ0v) is 10.2. The number of nitrogens with zero attached hydrogens (tertiary/aromatic N) is 2. The second-order valence-electron chi connectivity index (χ2n) is 4.45. The van der Waals surface area contributed by atoms with Crippen molar-refractivity contribution in [3.63, 3.8) is 0 Å². The zero-order chi connectivity index (χ0) is 12.2. The van der Waals surface area contributed by atoms with Gasteiger partial charge in [0.1, 0.15) is 0 Å². The third-order valence-corrected chi connectivity index (χ3v) is 3.18. The van der Waals surface area contributed by atoms with Crippen LogP contribution in [0.1, 0.15) is 16.8 Å². The first-order chi connectivity index (χ1) is 8.93. The molecule has 4 nitrogen and oxygen atoms in total. The van der Waals surface area contributed by atoms with Crippen LogP contribution in [0.5, 0.6) is 0 Å². The number of para-hydroxylation sites is 1. The molecule has 1 aromatic carbocycles. The summed E-state index contributed by atoms with van der Waals surface area (Å²) in [5.41, 5.74) is 5.03. The highest BCUT2D eigenvalue weighted by Gasteiger charge is 2.12. The van der Waals surface area contributed by atoms with Crippen molar-refractivity contribution in [3.8, 4) is 0 Å². The van der Waals surface area contributed by atoms with Gasteiger partial charge >= 0.3 is 0 Å². The third kappa shape index (κ3) is 2.33. The zero-order valence-electron chi connectivity index (χ0n) is 10.2. The first-order valence-corrected chi connectivity index (χ1v) is 6.25. The molecule has 1 aromatic heterocycles. The summed E-state index contributed by atoms with van der Waals surface area (Å²) in [5.74, 6) is 0. The summed E-state index contributed by atoms with van der Waals surface area (Å²) >= 11 is 0. The van der Waals surface area contributed by atoms with Crippen molar-refractivity contribution in [2.24, 2.45) is 0 Å². The molecule has 18 heavy (non-hydrogen) atoms. The minimum Gasteiger partial charge on any atom is -0.384 e. The van der Waals surface area contributed by atoms with Crippen LogP contribution in [0.15, 0.2) is 36.5 Å². The Kier molecular flexibility index (Phi) is 3.19. The molecule has 0 fully saturated rings. The molecular weight excluding hydrogens is 224 g/mol. The largest absolute Gasteiger partial charge is 0.384 e. The Morgan fingerprint density at radius 1 is 1.17 bits per heavy atom. The molecule has 0 saturated heterocycles. The van der Waals surface area contributed by atoms with Gasteiger partial charge in [-0.2, -0.15) is 10.2 Å². The highest BCUT2D eigenvalue weighted by molar-refractivity contribution is 5.61. The third-order valence-electron chi connectivity index (χ3n) is 3.18. The number of benzene rings is 1. The predicted molar refractivity (Wildman–Crippen MR) is 71.2 cm³/mol. The topological polar surface area (TPSA) is 49.8 Å². The quantitative estimate of drug-likeness (QED) is 0.854. The number of aromatic nitrogens is 2. The fraction of sp³-hybridized carbons (Fsp3) is 0.286. The molecule has 0 amide bonds. The smallest absolute Gasteiger partial charge is 0.0769 e. The Balaban J connectivity index is 1.63. The van der Waals surface area contributed by atoms with E-state index in [1.807, 2.05) is 12.1 Å². The standard InChI is InChI=1S/C14H16N4/c1-3-11-6-8-16-14(11)12(4-1)9-15-10-13-5-2-7-17-18-13/h1-5,7,15-16H,6,8-10H2. The molecule has 0 aliphatic carbocycles. The maximum Gasteiger partial charge on any atom is 0.0769 e. The summed E-state index contributed by atoms with van der Waals surface area (Å²) in [4.78, 5) is 0. The number of hydrogen-bond acceptors (Lipinski definition) is 4. The Labute approximate surface area is 106 Å². The van der Waals surface area contributed by atoms with Crippen molar-refractivity contribution in [3.05, 3.63) is 53.3 Å². The fourth-order valence-electron chi connectivity index (χ4n) is 2.31. The lowest BCUT2D eigenvalue weighted by Crippen LogP contribution is -2.14. The van der Waals surface area contributed by atoms with Gasteiger partial charge in [-0.3, -0.25) is 0 Å². The van der Waals surface area contributed by atoms with E-state index in [2.05, 4.69) is 39.0 Å². The average molecular weight is 240 g/mol. The molecule has 2 N–H and O–H groups in total. The summed E-state index contributed by atoms with van der Waals surface area (Å²) < 4.78 is 0. The van der Waals surface area contributed by atoms with Crippen LogP contribution in [-0.4, -0.2) is 16.7 Å². The maximum absolute atomic E-state index is 4.05. The minimum absolute atomic E-state index is 0.748. The fourth-order valence-corrected chi connectivity index (χ4v) is 2.31. The van der Waals surface area contributed by atoms with Crippen molar-refractivity contribution < 1.29 is 0 Å². The van der Waals surface area contributed by atoms with E-state index in [1.54, 1.807) is 6.20 Å². The second kappa shape index (κ2) is 5.14. The first-order valence-electron chi connectivity index (χ1n) is 6.25. The van der Waals surface area contributed by atoms with E-state index >= 15 is 0 Å². The van der Waals surface area contributed by atoms with Crippen molar-refractivity contribution in [1.82, 2.24) is 15.5 Å². The van der Waals surface area contributed by atoms with E-state index in [4.69, 9.17) is 0 Å². The van der Waals surface area contributed by atoms with Crippen LogP contribution in [0.2, 0.25) is 0 Å². The highest BCUT2D eigenvalue weighted by Crippen LogP contribution is 2.26. The van der Waals surface area contributed by atoms with Gasteiger partial charge in [0.05, 0.1) is 5.69 Å². The van der Waals surface area contributed by atoms with Gasteiger partial charge in [-0.05, 0) is 29.7 Å². The molecule has 0 spiro atoms. The van der Waals surface area contributed by atoms with Gasteiger partial charge in [0, 0.05) is 31.5 Å². The Hall–Kier alpha value is -1.94.